The number of nitrogens with zero attached hydrogens (tertiary/aromatic N) is 1. The Morgan fingerprint density at radius 2 is 2.31 bits per heavy atom. The average Bonchev–Trinajstić information content (AvgIpc) is 2.67. The van der Waals surface area contributed by atoms with Gasteiger partial charge in [-0.3, -0.25) is 0 Å². The average molecular weight is 315 g/mol. The molecule has 2 aromatic rings. The summed E-state index contributed by atoms with van der Waals surface area (Å²) < 4.78 is 2.13. The van der Waals surface area contributed by atoms with Crippen LogP contribution in [0.5, 0.6) is 0 Å². The van der Waals surface area contributed by atoms with Crippen molar-refractivity contribution in [2.45, 2.75) is 22.7 Å². The number of aromatic nitrogens is 1. The Labute approximate surface area is 111 Å². The van der Waals surface area contributed by atoms with Gasteiger partial charge in [0.15, 0.2) is 4.34 Å². The number of thiazole rings is 1. The van der Waals surface area contributed by atoms with Crippen molar-refractivity contribution in [3.63, 3.8) is 0 Å². The lowest BCUT2D eigenvalue weighted by molar-refractivity contribution is 1.02. The third-order valence-electron chi connectivity index (χ3n) is 2.04. The minimum absolute atomic E-state index is 0.548. The van der Waals surface area contributed by atoms with Crippen molar-refractivity contribution in [1.29, 1.82) is 0 Å². The van der Waals surface area contributed by atoms with Crippen LogP contribution in [0.3, 0.4) is 0 Å². The molecule has 0 aliphatic heterocycles. The highest BCUT2D eigenvalue weighted by molar-refractivity contribution is 9.10. The fraction of sp³-hybridized carbons (Fsp3) is 0.182. The Morgan fingerprint density at radius 3 is 2.94 bits per heavy atom. The van der Waals surface area contributed by atoms with E-state index in [4.69, 9.17) is 5.73 Å². The monoisotopic (exact) mass is 314 g/mol. The van der Waals surface area contributed by atoms with E-state index in [1.54, 1.807) is 23.1 Å². The first-order chi connectivity index (χ1) is 7.69. The van der Waals surface area contributed by atoms with Crippen molar-refractivity contribution in [3.05, 3.63) is 39.3 Å². The molecule has 0 spiro atoms. The summed E-state index contributed by atoms with van der Waals surface area (Å²) in [6.07, 6.45) is 0. The summed E-state index contributed by atoms with van der Waals surface area (Å²) >= 11 is 6.79. The molecule has 1 aromatic carbocycles. The molecule has 1 heterocycles. The lowest BCUT2D eigenvalue weighted by atomic mass is 10.2. The first kappa shape index (κ1) is 12.1. The van der Waals surface area contributed by atoms with Crippen LogP contribution < -0.4 is 5.73 Å². The molecule has 0 atom stereocenters. The molecule has 0 saturated heterocycles. The van der Waals surface area contributed by atoms with Gasteiger partial charge in [-0.2, -0.15) is 0 Å². The number of hydrogen-bond donors (Lipinski definition) is 1. The quantitative estimate of drug-likeness (QED) is 0.936. The summed E-state index contributed by atoms with van der Waals surface area (Å²) in [6.45, 7) is 2.55. The summed E-state index contributed by atoms with van der Waals surface area (Å²) in [5, 5.41) is 2.06. The van der Waals surface area contributed by atoms with Gasteiger partial charge >= 0.3 is 0 Å². The van der Waals surface area contributed by atoms with Crippen LogP contribution in [0, 0.1) is 6.92 Å². The molecule has 2 rings (SSSR count). The Morgan fingerprint density at radius 1 is 1.50 bits per heavy atom. The molecule has 0 bridgehead atoms. The van der Waals surface area contributed by atoms with Gasteiger partial charge in [-0.1, -0.05) is 27.7 Å². The van der Waals surface area contributed by atoms with Crippen LogP contribution >= 0.6 is 39.0 Å². The predicted octanol–water partition coefficient (Wildman–Crippen LogP) is 3.82. The van der Waals surface area contributed by atoms with Gasteiger partial charge in [-0.05, 0) is 30.7 Å². The van der Waals surface area contributed by atoms with E-state index < -0.39 is 0 Å². The number of rotatable bonds is 3. The van der Waals surface area contributed by atoms with Crippen LogP contribution in [0.4, 0.5) is 0 Å². The van der Waals surface area contributed by atoms with E-state index in [0.717, 1.165) is 20.1 Å². The van der Waals surface area contributed by atoms with Crippen molar-refractivity contribution >= 4 is 39.0 Å². The normalized spacial score (nSPS) is 10.7. The molecule has 2 nitrogen and oxygen atoms in total. The van der Waals surface area contributed by atoms with Crippen LogP contribution in [-0.4, -0.2) is 4.98 Å². The van der Waals surface area contributed by atoms with E-state index >= 15 is 0 Å². The molecule has 16 heavy (non-hydrogen) atoms. The largest absolute Gasteiger partial charge is 0.326 e. The number of nitrogens with two attached hydrogens (primary N) is 1. The maximum Gasteiger partial charge on any atom is 0.154 e. The molecule has 0 fully saturated rings. The van der Waals surface area contributed by atoms with Crippen LogP contribution in [0.15, 0.2) is 37.3 Å². The van der Waals surface area contributed by atoms with Crippen molar-refractivity contribution in [2.75, 3.05) is 0 Å². The highest BCUT2D eigenvalue weighted by Crippen LogP contribution is 2.33. The van der Waals surface area contributed by atoms with Gasteiger partial charge in [-0.25, -0.2) is 4.98 Å². The first-order valence-corrected chi connectivity index (χ1v) is 7.26. The summed E-state index contributed by atoms with van der Waals surface area (Å²) in [6, 6.07) is 6.17. The van der Waals surface area contributed by atoms with Crippen molar-refractivity contribution in [1.82, 2.24) is 4.98 Å². The number of halogens is 1. The minimum Gasteiger partial charge on any atom is -0.326 e. The molecular weight excluding hydrogens is 304 g/mol. The summed E-state index contributed by atoms with van der Waals surface area (Å²) in [4.78, 5) is 5.61. The van der Waals surface area contributed by atoms with Gasteiger partial charge < -0.3 is 5.73 Å². The van der Waals surface area contributed by atoms with E-state index in [2.05, 4.69) is 38.4 Å². The molecule has 0 saturated carbocycles. The zero-order valence-corrected chi connectivity index (χ0v) is 12.0. The SMILES string of the molecule is Cc1csc(Sc2ccc(Br)cc2CN)n1. The third-order valence-corrected chi connectivity index (χ3v) is 4.71. The van der Waals surface area contributed by atoms with Gasteiger partial charge in [-0.15, -0.1) is 11.3 Å². The summed E-state index contributed by atoms with van der Waals surface area (Å²) in [7, 11) is 0. The molecule has 5 heteroatoms. The Kier molecular flexibility index (Phi) is 4.02. The van der Waals surface area contributed by atoms with E-state index in [1.165, 1.54) is 4.90 Å². The van der Waals surface area contributed by atoms with Crippen molar-refractivity contribution in [3.8, 4) is 0 Å². The fourth-order valence-electron chi connectivity index (χ4n) is 1.28. The highest BCUT2D eigenvalue weighted by atomic mass is 79.9. The van der Waals surface area contributed by atoms with E-state index in [1.807, 2.05) is 13.0 Å². The molecule has 0 unspecified atom stereocenters. The second kappa shape index (κ2) is 5.31. The molecular formula is C11H11BrN2S2. The van der Waals surface area contributed by atoms with Crippen LogP contribution in [0.2, 0.25) is 0 Å². The molecule has 0 amide bonds. The molecule has 84 valence electrons. The van der Waals surface area contributed by atoms with Crippen LogP contribution in [0.1, 0.15) is 11.3 Å². The van der Waals surface area contributed by atoms with Gasteiger partial charge in [0.2, 0.25) is 0 Å². The van der Waals surface area contributed by atoms with E-state index in [0.29, 0.717) is 6.54 Å². The Bertz CT molecular complexity index is 496. The second-order valence-corrected chi connectivity index (χ2v) is 6.38. The summed E-state index contributed by atoms with van der Waals surface area (Å²) in [5.41, 5.74) is 7.94. The second-order valence-electron chi connectivity index (χ2n) is 3.31. The predicted molar refractivity (Wildman–Crippen MR) is 73.0 cm³/mol. The fourth-order valence-corrected chi connectivity index (χ4v) is 3.60. The zero-order valence-electron chi connectivity index (χ0n) is 8.74. The smallest absolute Gasteiger partial charge is 0.154 e. The van der Waals surface area contributed by atoms with Crippen molar-refractivity contribution < 1.29 is 0 Å². The number of benzene rings is 1. The first-order valence-electron chi connectivity index (χ1n) is 4.77. The van der Waals surface area contributed by atoms with Crippen LogP contribution in [0.25, 0.3) is 0 Å². The summed E-state index contributed by atoms with van der Waals surface area (Å²) in [5.74, 6) is 0. The van der Waals surface area contributed by atoms with E-state index in [-0.39, 0.29) is 0 Å². The van der Waals surface area contributed by atoms with Gasteiger partial charge in [0.05, 0.1) is 0 Å². The third kappa shape index (κ3) is 2.85. The number of aryl methyl sites for hydroxylation is 1. The lowest BCUT2D eigenvalue weighted by Gasteiger charge is -2.05. The zero-order chi connectivity index (χ0) is 11.5. The molecule has 0 aliphatic rings. The van der Waals surface area contributed by atoms with Crippen molar-refractivity contribution in [2.24, 2.45) is 5.73 Å². The number of hydrogen-bond acceptors (Lipinski definition) is 4. The molecule has 0 radical (unpaired) electrons. The molecule has 1 aromatic heterocycles. The minimum atomic E-state index is 0.548. The van der Waals surface area contributed by atoms with Crippen LogP contribution in [-0.2, 0) is 6.54 Å². The van der Waals surface area contributed by atoms with E-state index in [9.17, 15) is 0 Å². The molecule has 2 N–H and O–H groups in total. The Hall–Kier alpha value is -0.360. The van der Waals surface area contributed by atoms with Gasteiger partial charge in [0.1, 0.15) is 0 Å². The standard InChI is InChI=1S/C11H11BrN2S2/c1-7-6-15-11(14-7)16-10-3-2-9(12)4-8(10)5-13/h2-4,6H,5,13H2,1H3. The molecule has 0 aliphatic carbocycles. The maximum atomic E-state index is 5.73. The Balaban J connectivity index is 2.27. The highest BCUT2D eigenvalue weighted by Gasteiger charge is 2.06. The lowest BCUT2D eigenvalue weighted by Crippen LogP contribution is -1.98. The van der Waals surface area contributed by atoms with Gasteiger partial charge in [0, 0.05) is 27.0 Å². The maximum absolute atomic E-state index is 5.73. The topological polar surface area (TPSA) is 38.9 Å². The van der Waals surface area contributed by atoms with Gasteiger partial charge in [0.25, 0.3) is 0 Å².